The second kappa shape index (κ2) is 3.28. The van der Waals surface area contributed by atoms with Crippen molar-refractivity contribution in [3.05, 3.63) is 46.8 Å². The lowest BCUT2D eigenvalue weighted by Gasteiger charge is -2.12. The molecule has 0 N–H and O–H groups in total. The molecule has 0 atom stereocenters. The molecule has 5 heteroatoms. The highest BCUT2D eigenvalue weighted by atomic mass is 35.5. The van der Waals surface area contributed by atoms with Crippen LogP contribution in [0.25, 0.3) is 0 Å². The minimum Gasteiger partial charge on any atom is -0.343 e. The normalized spacial score (nSPS) is 17.4. The van der Waals surface area contributed by atoms with Gasteiger partial charge in [0.1, 0.15) is 5.82 Å². The van der Waals surface area contributed by atoms with Gasteiger partial charge in [0, 0.05) is 5.02 Å². The van der Waals surface area contributed by atoms with E-state index in [0.29, 0.717) is 10.8 Å². The van der Waals surface area contributed by atoms with Crippen LogP contribution in [0.2, 0.25) is 5.02 Å². The van der Waals surface area contributed by atoms with Crippen molar-refractivity contribution in [3.63, 3.8) is 0 Å². The molecule has 0 spiro atoms. The largest absolute Gasteiger partial charge is 0.343 e. The van der Waals surface area contributed by atoms with Gasteiger partial charge in [-0.3, -0.25) is 0 Å². The third-order valence-corrected chi connectivity index (χ3v) is 3.30. The van der Waals surface area contributed by atoms with Crippen molar-refractivity contribution in [3.8, 4) is 0 Å². The van der Waals surface area contributed by atoms with Crippen LogP contribution in [0.15, 0.2) is 29.1 Å². The van der Waals surface area contributed by atoms with Gasteiger partial charge in [0.05, 0.1) is 5.41 Å². The minimum absolute atomic E-state index is 0.266. The van der Waals surface area contributed by atoms with Gasteiger partial charge in [-0.1, -0.05) is 22.8 Å². The van der Waals surface area contributed by atoms with Crippen LogP contribution in [0.4, 0.5) is 4.39 Å². The summed E-state index contributed by atoms with van der Waals surface area (Å²) in [7, 11) is 0. The molecule has 82 valence electrons. The fourth-order valence-corrected chi connectivity index (χ4v) is 2.35. The van der Waals surface area contributed by atoms with Crippen LogP contribution >= 0.6 is 11.6 Å². The standard InChI is InChI=1S/C11H8ClFN2O/c12-9-5-7(13)1-2-8(9)11(3-4-11)10-14-6-16-15-10/h1-2,5-6H,3-4H2. The summed E-state index contributed by atoms with van der Waals surface area (Å²) in [5.74, 6) is 0.290. The lowest BCUT2D eigenvalue weighted by molar-refractivity contribution is 0.406. The first-order chi connectivity index (χ1) is 7.72. The van der Waals surface area contributed by atoms with Gasteiger partial charge >= 0.3 is 0 Å². The van der Waals surface area contributed by atoms with Crippen LogP contribution in [-0.2, 0) is 5.41 Å². The molecule has 3 nitrogen and oxygen atoms in total. The van der Waals surface area contributed by atoms with E-state index in [4.69, 9.17) is 16.1 Å². The van der Waals surface area contributed by atoms with Crippen molar-refractivity contribution in [2.24, 2.45) is 0 Å². The first-order valence-electron chi connectivity index (χ1n) is 4.95. The van der Waals surface area contributed by atoms with Crippen LogP contribution in [0.3, 0.4) is 0 Å². The molecule has 1 saturated carbocycles. The van der Waals surface area contributed by atoms with Crippen molar-refractivity contribution >= 4 is 11.6 Å². The molecule has 0 saturated heterocycles. The molecule has 1 aliphatic rings. The first-order valence-corrected chi connectivity index (χ1v) is 5.32. The first kappa shape index (κ1) is 9.78. The Kier molecular flexibility index (Phi) is 2.01. The molecule has 1 aromatic heterocycles. The smallest absolute Gasteiger partial charge is 0.213 e. The summed E-state index contributed by atoms with van der Waals surface area (Å²) in [5.41, 5.74) is 0.606. The maximum Gasteiger partial charge on any atom is 0.213 e. The van der Waals surface area contributed by atoms with E-state index in [-0.39, 0.29) is 11.2 Å². The van der Waals surface area contributed by atoms with Gasteiger partial charge in [-0.2, -0.15) is 4.98 Å². The predicted octanol–water partition coefficient (Wildman–Crippen LogP) is 2.94. The number of nitrogens with zero attached hydrogens (tertiary/aromatic N) is 2. The summed E-state index contributed by atoms with van der Waals surface area (Å²) in [6.45, 7) is 0. The minimum atomic E-state index is -0.335. The van der Waals surface area contributed by atoms with E-state index in [1.165, 1.54) is 18.5 Å². The average Bonchev–Trinajstić information content (AvgIpc) is 2.87. The highest BCUT2D eigenvalue weighted by Gasteiger charge is 2.50. The summed E-state index contributed by atoms with van der Waals surface area (Å²) >= 11 is 6.04. The van der Waals surface area contributed by atoms with Crippen LogP contribution in [0.5, 0.6) is 0 Å². The Morgan fingerprint density at radius 1 is 1.38 bits per heavy atom. The summed E-state index contributed by atoms with van der Waals surface area (Å²) in [5, 5.41) is 4.27. The molecule has 0 aliphatic heterocycles. The summed E-state index contributed by atoms with van der Waals surface area (Å²) in [6.07, 6.45) is 3.13. The van der Waals surface area contributed by atoms with Crippen molar-refractivity contribution in [2.75, 3.05) is 0 Å². The van der Waals surface area contributed by atoms with Gasteiger partial charge in [-0.05, 0) is 30.5 Å². The van der Waals surface area contributed by atoms with E-state index in [1.54, 1.807) is 6.07 Å². The van der Waals surface area contributed by atoms with Gasteiger partial charge < -0.3 is 4.52 Å². The van der Waals surface area contributed by atoms with Crippen LogP contribution in [-0.4, -0.2) is 10.1 Å². The van der Waals surface area contributed by atoms with Gasteiger partial charge in [0.25, 0.3) is 0 Å². The Balaban J connectivity index is 2.10. The third-order valence-electron chi connectivity index (χ3n) is 2.99. The van der Waals surface area contributed by atoms with Crippen LogP contribution in [0.1, 0.15) is 24.2 Å². The van der Waals surface area contributed by atoms with E-state index in [1.807, 2.05) is 0 Å². The maximum absolute atomic E-state index is 13.0. The molecule has 1 aromatic carbocycles. The third kappa shape index (κ3) is 1.33. The zero-order valence-corrected chi connectivity index (χ0v) is 9.04. The molecule has 0 unspecified atom stereocenters. The Morgan fingerprint density at radius 2 is 2.19 bits per heavy atom. The topological polar surface area (TPSA) is 38.9 Å². The summed E-state index contributed by atoms with van der Waals surface area (Å²) in [6, 6.07) is 4.42. The highest BCUT2D eigenvalue weighted by Crippen LogP contribution is 2.54. The number of rotatable bonds is 2. The number of hydrogen-bond acceptors (Lipinski definition) is 3. The zero-order chi connectivity index (χ0) is 11.2. The molecular formula is C11H8ClFN2O. The van der Waals surface area contributed by atoms with Crippen molar-refractivity contribution < 1.29 is 8.91 Å². The molecule has 0 amide bonds. The monoisotopic (exact) mass is 238 g/mol. The maximum atomic E-state index is 13.0. The second-order valence-corrected chi connectivity index (χ2v) is 4.37. The number of benzene rings is 1. The lowest BCUT2D eigenvalue weighted by atomic mass is 9.95. The van der Waals surface area contributed by atoms with Crippen LogP contribution < -0.4 is 0 Å². The Labute approximate surface area is 96.2 Å². The molecule has 0 radical (unpaired) electrons. The van der Waals surface area contributed by atoms with E-state index >= 15 is 0 Å². The van der Waals surface area contributed by atoms with Crippen molar-refractivity contribution in [2.45, 2.75) is 18.3 Å². The van der Waals surface area contributed by atoms with Crippen molar-refractivity contribution in [1.29, 1.82) is 0 Å². The molecule has 2 aromatic rings. The van der Waals surface area contributed by atoms with E-state index in [0.717, 1.165) is 18.4 Å². The number of aromatic nitrogens is 2. The number of hydrogen-bond donors (Lipinski definition) is 0. The molecule has 16 heavy (non-hydrogen) atoms. The molecule has 1 aliphatic carbocycles. The fraction of sp³-hybridized carbons (Fsp3) is 0.273. The summed E-state index contributed by atoms with van der Waals surface area (Å²) in [4.78, 5) is 4.06. The predicted molar refractivity (Wildman–Crippen MR) is 55.7 cm³/mol. The Hall–Kier alpha value is -1.42. The average molecular weight is 239 g/mol. The Bertz CT molecular complexity index is 523. The molecule has 3 rings (SSSR count). The second-order valence-electron chi connectivity index (χ2n) is 3.96. The Morgan fingerprint density at radius 3 is 2.75 bits per heavy atom. The van der Waals surface area contributed by atoms with Gasteiger partial charge in [0.15, 0.2) is 5.82 Å². The molecule has 0 bridgehead atoms. The molecular weight excluding hydrogens is 231 g/mol. The van der Waals surface area contributed by atoms with Crippen molar-refractivity contribution in [1.82, 2.24) is 10.1 Å². The van der Waals surface area contributed by atoms with E-state index in [9.17, 15) is 4.39 Å². The quantitative estimate of drug-likeness (QED) is 0.808. The molecule has 1 fully saturated rings. The van der Waals surface area contributed by atoms with Gasteiger partial charge in [-0.15, -0.1) is 0 Å². The fourth-order valence-electron chi connectivity index (χ4n) is 2.00. The SMILES string of the molecule is Fc1ccc(C2(c3ncon3)CC2)c(Cl)c1. The number of halogens is 2. The van der Waals surface area contributed by atoms with Crippen LogP contribution in [0, 0.1) is 5.82 Å². The van der Waals surface area contributed by atoms with Gasteiger partial charge in [-0.25, -0.2) is 4.39 Å². The summed E-state index contributed by atoms with van der Waals surface area (Å²) < 4.78 is 17.7. The lowest BCUT2D eigenvalue weighted by Crippen LogP contribution is -2.11. The van der Waals surface area contributed by atoms with E-state index < -0.39 is 0 Å². The molecule has 1 heterocycles. The van der Waals surface area contributed by atoms with E-state index in [2.05, 4.69) is 10.1 Å². The zero-order valence-electron chi connectivity index (χ0n) is 8.28. The highest BCUT2D eigenvalue weighted by molar-refractivity contribution is 6.31. The van der Waals surface area contributed by atoms with Gasteiger partial charge in [0.2, 0.25) is 6.39 Å².